The quantitative estimate of drug-likeness (QED) is 0.290. The van der Waals surface area contributed by atoms with Crippen molar-refractivity contribution in [2.24, 2.45) is 0 Å². The zero-order valence-corrected chi connectivity index (χ0v) is 16.9. The van der Waals surface area contributed by atoms with Gasteiger partial charge in [-0.05, 0) is 24.2 Å². The van der Waals surface area contributed by atoms with Crippen LogP contribution in [-0.2, 0) is 14.0 Å². The third kappa shape index (κ3) is 5.91. The summed E-state index contributed by atoms with van der Waals surface area (Å²) in [6.07, 6.45) is 9.38. The number of allylic oxidation sites excluding steroid dienone is 3. The van der Waals surface area contributed by atoms with Gasteiger partial charge < -0.3 is 9.16 Å². The van der Waals surface area contributed by atoms with Crippen LogP contribution in [0.15, 0.2) is 96.7 Å². The van der Waals surface area contributed by atoms with Crippen molar-refractivity contribution in [3.8, 4) is 0 Å². The molecule has 0 saturated heterocycles. The average molecular weight is 379 g/mol. The highest BCUT2D eigenvalue weighted by Gasteiger charge is 2.37. The third-order valence-electron chi connectivity index (χ3n) is 3.99. The fourth-order valence-corrected chi connectivity index (χ4v) is 6.00. The third-order valence-corrected chi connectivity index (χ3v) is 7.63. The average Bonchev–Trinajstić information content (AvgIpc) is 2.72. The second kappa shape index (κ2) is 11.1. The maximum atomic E-state index is 12.0. The molecule has 3 nitrogen and oxygen atoms in total. The molecule has 140 valence electrons. The Morgan fingerprint density at radius 2 is 1.56 bits per heavy atom. The lowest BCUT2D eigenvalue weighted by Gasteiger charge is -2.29. The summed E-state index contributed by atoms with van der Waals surface area (Å²) in [7, 11) is -2.76. The van der Waals surface area contributed by atoms with E-state index in [0.717, 1.165) is 10.4 Å². The molecular weight excluding hydrogens is 352 g/mol. The van der Waals surface area contributed by atoms with Crippen molar-refractivity contribution in [1.29, 1.82) is 0 Å². The van der Waals surface area contributed by atoms with E-state index < -0.39 is 8.32 Å². The summed E-state index contributed by atoms with van der Waals surface area (Å²) in [5.41, 5.74) is 1.92. The molecule has 2 aromatic rings. The molecule has 4 heteroatoms. The number of rotatable bonds is 9. The Hall–Kier alpha value is -2.69. The highest BCUT2D eigenvalue weighted by molar-refractivity contribution is 7.01. The van der Waals surface area contributed by atoms with Gasteiger partial charge in [0.15, 0.2) is 0 Å². The van der Waals surface area contributed by atoms with E-state index in [1.807, 2.05) is 73.3 Å². The lowest BCUT2D eigenvalue weighted by atomic mass is 10.4. The van der Waals surface area contributed by atoms with Crippen LogP contribution < -0.4 is 10.4 Å². The van der Waals surface area contributed by atoms with Gasteiger partial charge in [0.05, 0.1) is 13.2 Å². The van der Waals surface area contributed by atoms with Gasteiger partial charge in [0, 0.05) is 6.08 Å². The minimum atomic E-state index is -2.76. The Kier molecular flexibility index (Phi) is 8.48. The molecule has 0 unspecified atom stereocenters. The largest absolute Gasteiger partial charge is 0.463 e. The van der Waals surface area contributed by atoms with Crippen molar-refractivity contribution in [3.05, 3.63) is 96.7 Å². The first-order chi connectivity index (χ1) is 13.2. The molecular formula is C23H26O3Si. The number of carbonyl (C=O) groups is 1. The fourth-order valence-electron chi connectivity index (χ4n) is 2.75. The molecule has 0 aliphatic heterocycles. The van der Waals surface area contributed by atoms with Gasteiger partial charge in [-0.2, -0.15) is 0 Å². The van der Waals surface area contributed by atoms with E-state index in [0.29, 0.717) is 13.2 Å². The van der Waals surface area contributed by atoms with Crippen LogP contribution >= 0.6 is 0 Å². The van der Waals surface area contributed by atoms with Gasteiger partial charge >= 0.3 is 5.97 Å². The van der Waals surface area contributed by atoms with Gasteiger partial charge in [0.2, 0.25) is 0 Å². The molecule has 0 N–H and O–H groups in total. The van der Waals surface area contributed by atoms with Crippen molar-refractivity contribution in [2.75, 3.05) is 13.2 Å². The highest BCUT2D eigenvalue weighted by atomic mass is 28.4. The number of hydrogen-bond acceptors (Lipinski definition) is 3. The minimum Gasteiger partial charge on any atom is -0.463 e. The van der Waals surface area contributed by atoms with E-state index >= 15 is 0 Å². The van der Waals surface area contributed by atoms with Crippen LogP contribution in [0.5, 0.6) is 0 Å². The Bertz CT molecular complexity index is 740. The van der Waals surface area contributed by atoms with Gasteiger partial charge in [-0.15, -0.1) is 0 Å². The Balaban J connectivity index is 2.49. The zero-order valence-electron chi connectivity index (χ0n) is 15.9. The Labute approximate surface area is 162 Å². The molecule has 0 aliphatic carbocycles. The van der Waals surface area contributed by atoms with Crippen LogP contribution in [0.25, 0.3) is 0 Å². The van der Waals surface area contributed by atoms with Gasteiger partial charge in [-0.1, -0.05) is 90.7 Å². The molecule has 0 heterocycles. The molecule has 0 amide bonds. The predicted octanol–water partition coefficient (Wildman–Crippen LogP) is 3.55. The lowest BCUT2D eigenvalue weighted by molar-refractivity contribution is -0.137. The predicted molar refractivity (Wildman–Crippen MR) is 114 cm³/mol. The van der Waals surface area contributed by atoms with Crippen molar-refractivity contribution < 1.29 is 14.0 Å². The van der Waals surface area contributed by atoms with Crippen molar-refractivity contribution >= 4 is 24.7 Å². The molecule has 2 rings (SSSR count). The van der Waals surface area contributed by atoms with Gasteiger partial charge in [0.1, 0.15) is 0 Å². The van der Waals surface area contributed by atoms with E-state index in [1.54, 1.807) is 6.92 Å². The summed E-state index contributed by atoms with van der Waals surface area (Å²) < 4.78 is 11.6. The SMILES string of the molecule is C/C=C/C=C/CO[Si](/C=C/C(=O)OCC)(c1ccccc1)c1ccccc1. The van der Waals surface area contributed by atoms with Crippen molar-refractivity contribution in [2.45, 2.75) is 13.8 Å². The summed E-state index contributed by atoms with van der Waals surface area (Å²) in [6, 6.07) is 20.2. The lowest BCUT2D eigenvalue weighted by Crippen LogP contribution is -2.59. The second-order valence-corrected chi connectivity index (χ2v) is 9.07. The number of benzene rings is 2. The smallest absolute Gasteiger partial charge is 0.330 e. The van der Waals surface area contributed by atoms with E-state index in [9.17, 15) is 4.79 Å². The van der Waals surface area contributed by atoms with Gasteiger partial charge in [0.25, 0.3) is 8.32 Å². The summed E-state index contributed by atoms with van der Waals surface area (Å²) in [6.45, 7) is 4.57. The van der Waals surface area contributed by atoms with Crippen LogP contribution in [-0.4, -0.2) is 27.5 Å². The first-order valence-electron chi connectivity index (χ1n) is 9.11. The summed E-state index contributed by atoms with van der Waals surface area (Å²) >= 11 is 0. The molecule has 0 fully saturated rings. The van der Waals surface area contributed by atoms with Gasteiger partial charge in [-0.3, -0.25) is 0 Å². The molecule has 0 atom stereocenters. The monoisotopic (exact) mass is 378 g/mol. The molecule has 2 aromatic carbocycles. The molecule has 27 heavy (non-hydrogen) atoms. The standard InChI is InChI=1S/C23H26O3Si/c1-3-5-6-13-19-26-27(20-18-23(24)25-4-2,21-14-9-7-10-15-21)22-16-11-8-12-17-22/h3,5-18,20H,4,19H2,1-2H3/b5-3+,13-6+,20-18+. The number of hydrogen-bond donors (Lipinski definition) is 0. The molecule has 0 bridgehead atoms. The van der Waals surface area contributed by atoms with Crippen LogP contribution in [0.3, 0.4) is 0 Å². The van der Waals surface area contributed by atoms with Gasteiger partial charge in [-0.25, -0.2) is 4.79 Å². The second-order valence-electron chi connectivity index (χ2n) is 5.82. The minimum absolute atomic E-state index is 0.349. The Morgan fingerprint density at radius 1 is 0.963 bits per heavy atom. The molecule has 0 spiro atoms. The molecule has 0 aliphatic rings. The Morgan fingerprint density at radius 3 is 2.07 bits per heavy atom. The molecule has 0 radical (unpaired) electrons. The van der Waals surface area contributed by atoms with E-state index in [2.05, 4.69) is 24.3 Å². The van der Waals surface area contributed by atoms with Crippen molar-refractivity contribution in [1.82, 2.24) is 0 Å². The van der Waals surface area contributed by atoms with E-state index in [1.165, 1.54) is 6.08 Å². The van der Waals surface area contributed by atoms with E-state index in [-0.39, 0.29) is 5.97 Å². The van der Waals surface area contributed by atoms with Crippen LogP contribution in [0.4, 0.5) is 0 Å². The normalized spacial score (nSPS) is 12.2. The first kappa shape index (κ1) is 20.6. The summed E-state index contributed by atoms with van der Waals surface area (Å²) in [5.74, 6) is -0.353. The number of carbonyl (C=O) groups excluding carboxylic acids is 1. The van der Waals surface area contributed by atoms with Crippen LogP contribution in [0.2, 0.25) is 0 Å². The summed E-state index contributed by atoms with van der Waals surface area (Å²) in [4.78, 5) is 12.0. The fraction of sp³-hybridized carbons (Fsp3) is 0.174. The number of esters is 1. The number of ether oxygens (including phenoxy) is 1. The topological polar surface area (TPSA) is 35.5 Å². The molecule has 0 aromatic heterocycles. The van der Waals surface area contributed by atoms with Crippen LogP contribution in [0, 0.1) is 0 Å². The van der Waals surface area contributed by atoms with Crippen molar-refractivity contribution in [3.63, 3.8) is 0 Å². The van der Waals surface area contributed by atoms with Crippen LogP contribution in [0.1, 0.15) is 13.8 Å². The first-order valence-corrected chi connectivity index (χ1v) is 11.1. The van der Waals surface area contributed by atoms with E-state index in [4.69, 9.17) is 9.16 Å². The highest BCUT2D eigenvalue weighted by Crippen LogP contribution is 2.11. The summed E-state index contributed by atoms with van der Waals surface area (Å²) in [5, 5.41) is 2.16. The zero-order chi connectivity index (χ0) is 19.4. The maximum absolute atomic E-state index is 12.0. The maximum Gasteiger partial charge on any atom is 0.330 e. The molecule has 0 saturated carbocycles.